The van der Waals surface area contributed by atoms with Crippen molar-refractivity contribution in [1.82, 2.24) is 4.90 Å². The number of nitrogens with zero attached hydrogens (tertiary/aromatic N) is 1. The third kappa shape index (κ3) is 7.61. The first-order valence-electron chi connectivity index (χ1n) is 5.04. The number of sulfone groups is 1. The fourth-order valence-corrected chi connectivity index (χ4v) is 1.72. The highest BCUT2D eigenvalue weighted by molar-refractivity contribution is 7.90. The standard InChI is InChI=1S/C9H20N2O4S/c1-4-15-9(12)8(10)7-11(2)5-6-16(3,13)14/h8H,4-7,10H2,1-3H3. The molecule has 0 saturated heterocycles. The summed E-state index contributed by atoms with van der Waals surface area (Å²) in [6, 6.07) is -0.732. The van der Waals surface area contributed by atoms with Crippen molar-refractivity contribution in [3.63, 3.8) is 0 Å². The van der Waals surface area contributed by atoms with Gasteiger partial charge in [0.25, 0.3) is 0 Å². The molecule has 7 heteroatoms. The molecule has 0 radical (unpaired) electrons. The van der Waals surface area contributed by atoms with Crippen LogP contribution in [0.1, 0.15) is 6.92 Å². The topological polar surface area (TPSA) is 89.7 Å². The average molecular weight is 252 g/mol. The van der Waals surface area contributed by atoms with Gasteiger partial charge in [0.2, 0.25) is 0 Å². The second-order valence-electron chi connectivity index (χ2n) is 3.75. The third-order valence-electron chi connectivity index (χ3n) is 1.94. The van der Waals surface area contributed by atoms with E-state index in [9.17, 15) is 13.2 Å². The minimum Gasteiger partial charge on any atom is -0.465 e. The number of likely N-dealkylation sites (N-methyl/N-ethyl adjacent to an activating group) is 1. The van der Waals surface area contributed by atoms with Gasteiger partial charge in [-0.1, -0.05) is 0 Å². The van der Waals surface area contributed by atoms with Gasteiger partial charge in [-0.05, 0) is 14.0 Å². The fraction of sp³-hybridized carbons (Fsp3) is 0.889. The maximum absolute atomic E-state index is 11.2. The van der Waals surface area contributed by atoms with Crippen LogP contribution in [0.2, 0.25) is 0 Å². The molecule has 0 amide bonds. The van der Waals surface area contributed by atoms with Gasteiger partial charge < -0.3 is 15.4 Å². The zero-order valence-electron chi connectivity index (χ0n) is 9.97. The summed E-state index contributed by atoms with van der Waals surface area (Å²) in [4.78, 5) is 12.9. The van der Waals surface area contributed by atoms with Gasteiger partial charge >= 0.3 is 5.97 Å². The molecule has 0 aromatic heterocycles. The molecule has 0 bridgehead atoms. The first-order valence-corrected chi connectivity index (χ1v) is 7.10. The molecule has 16 heavy (non-hydrogen) atoms. The van der Waals surface area contributed by atoms with E-state index in [4.69, 9.17) is 10.5 Å². The van der Waals surface area contributed by atoms with E-state index >= 15 is 0 Å². The van der Waals surface area contributed by atoms with E-state index in [2.05, 4.69) is 0 Å². The number of esters is 1. The first kappa shape index (κ1) is 15.3. The van der Waals surface area contributed by atoms with Crippen molar-refractivity contribution in [1.29, 1.82) is 0 Å². The van der Waals surface area contributed by atoms with Gasteiger partial charge in [0, 0.05) is 19.3 Å². The van der Waals surface area contributed by atoms with E-state index in [1.807, 2.05) is 0 Å². The molecular weight excluding hydrogens is 232 g/mol. The van der Waals surface area contributed by atoms with Crippen LogP contribution in [-0.2, 0) is 19.4 Å². The molecule has 0 saturated carbocycles. The van der Waals surface area contributed by atoms with Crippen molar-refractivity contribution in [3.8, 4) is 0 Å². The lowest BCUT2D eigenvalue weighted by Crippen LogP contribution is -2.43. The van der Waals surface area contributed by atoms with Gasteiger partial charge in [-0.2, -0.15) is 0 Å². The molecule has 0 aliphatic rings. The Hall–Kier alpha value is -0.660. The predicted molar refractivity (Wildman–Crippen MR) is 61.8 cm³/mol. The van der Waals surface area contributed by atoms with E-state index in [0.29, 0.717) is 13.2 Å². The summed E-state index contributed by atoms with van der Waals surface area (Å²) in [5.41, 5.74) is 5.58. The number of ether oxygens (including phenoxy) is 1. The minimum atomic E-state index is -2.98. The molecule has 0 rings (SSSR count). The second kappa shape index (κ2) is 6.82. The maximum atomic E-state index is 11.2. The summed E-state index contributed by atoms with van der Waals surface area (Å²) in [7, 11) is -1.27. The molecular formula is C9H20N2O4S. The van der Waals surface area contributed by atoms with Gasteiger partial charge in [-0.25, -0.2) is 8.42 Å². The Labute approximate surface area is 96.7 Å². The van der Waals surface area contributed by atoms with E-state index in [1.165, 1.54) is 6.26 Å². The lowest BCUT2D eigenvalue weighted by molar-refractivity contribution is -0.145. The monoisotopic (exact) mass is 252 g/mol. The molecule has 0 aliphatic heterocycles. The summed E-state index contributed by atoms with van der Waals surface area (Å²) in [5, 5.41) is 0. The van der Waals surface area contributed by atoms with Crippen LogP contribution in [0, 0.1) is 0 Å². The number of carbonyl (C=O) groups excluding carboxylic acids is 1. The second-order valence-corrected chi connectivity index (χ2v) is 6.01. The van der Waals surface area contributed by atoms with Crippen LogP contribution >= 0.6 is 0 Å². The molecule has 6 nitrogen and oxygen atoms in total. The third-order valence-corrected chi connectivity index (χ3v) is 2.87. The van der Waals surface area contributed by atoms with Crippen LogP contribution in [0.5, 0.6) is 0 Å². The zero-order chi connectivity index (χ0) is 12.8. The Kier molecular flexibility index (Phi) is 6.54. The quantitative estimate of drug-likeness (QED) is 0.576. The number of rotatable bonds is 7. The van der Waals surface area contributed by atoms with Crippen LogP contribution < -0.4 is 5.73 Å². The van der Waals surface area contributed by atoms with E-state index in [0.717, 1.165) is 0 Å². The molecule has 0 fully saturated rings. The highest BCUT2D eigenvalue weighted by atomic mass is 32.2. The first-order chi connectivity index (χ1) is 7.26. The van der Waals surface area contributed by atoms with Gasteiger partial charge in [-0.3, -0.25) is 4.79 Å². The molecule has 96 valence electrons. The van der Waals surface area contributed by atoms with Crippen molar-refractivity contribution in [3.05, 3.63) is 0 Å². The number of carbonyl (C=O) groups is 1. The van der Waals surface area contributed by atoms with Crippen molar-refractivity contribution in [2.24, 2.45) is 5.73 Å². The fourth-order valence-electron chi connectivity index (χ4n) is 1.07. The van der Waals surface area contributed by atoms with E-state index < -0.39 is 21.8 Å². The number of hydrogen-bond donors (Lipinski definition) is 1. The maximum Gasteiger partial charge on any atom is 0.324 e. The Morgan fingerprint density at radius 1 is 1.50 bits per heavy atom. The van der Waals surface area contributed by atoms with Gasteiger partial charge in [0.15, 0.2) is 0 Å². The largest absolute Gasteiger partial charge is 0.465 e. The van der Waals surface area contributed by atoms with Crippen molar-refractivity contribution >= 4 is 15.8 Å². The van der Waals surface area contributed by atoms with Crippen LogP contribution in [-0.4, -0.2) is 64.1 Å². The summed E-state index contributed by atoms with van der Waals surface area (Å²) in [6.07, 6.45) is 1.17. The Bertz CT molecular complexity index is 315. The van der Waals surface area contributed by atoms with Crippen LogP contribution in [0.3, 0.4) is 0 Å². The van der Waals surface area contributed by atoms with Gasteiger partial charge in [-0.15, -0.1) is 0 Å². The molecule has 0 aliphatic carbocycles. The molecule has 2 N–H and O–H groups in total. The average Bonchev–Trinajstić information content (AvgIpc) is 2.14. The Morgan fingerprint density at radius 2 is 2.06 bits per heavy atom. The lowest BCUT2D eigenvalue weighted by Gasteiger charge is -2.19. The highest BCUT2D eigenvalue weighted by Gasteiger charge is 2.17. The molecule has 1 atom stereocenters. The van der Waals surface area contributed by atoms with Gasteiger partial charge in [0.05, 0.1) is 12.4 Å². The summed E-state index contributed by atoms with van der Waals surface area (Å²) >= 11 is 0. The van der Waals surface area contributed by atoms with Gasteiger partial charge in [0.1, 0.15) is 15.9 Å². The molecule has 1 unspecified atom stereocenters. The summed E-state index contributed by atoms with van der Waals surface area (Å²) in [6.45, 7) is 2.64. The summed E-state index contributed by atoms with van der Waals surface area (Å²) < 4.78 is 26.6. The molecule has 0 spiro atoms. The van der Waals surface area contributed by atoms with E-state index in [1.54, 1.807) is 18.9 Å². The van der Waals surface area contributed by atoms with Crippen molar-refractivity contribution in [2.75, 3.05) is 38.8 Å². The number of nitrogens with two attached hydrogens (primary N) is 1. The van der Waals surface area contributed by atoms with Crippen molar-refractivity contribution < 1.29 is 17.9 Å². The van der Waals surface area contributed by atoms with Crippen LogP contribution in [0.15, 0.2) is 0 Å². The predicted octanol–water partition coefficient (Wildman–Crippen LogP) is -1.15. The highest BCUT2D eigenvalue weighted by Crippen LogP contribution is 1.92. The molecule has 0 heterocycles. The SMILES string of the molecule is CCOC(=O)C(N)CN(C)CCS(C)(=O)=O. The zero-order valence-corrected chi connectivity index (χ0v) is 10.8. The minimum absolute atomic E-state index is 0.0546. The van der Waals surface area contributed by atoms with E-state index in [-0.39, 0.29) is 12.3 Å². The summed E-state index contributed by atoms with van der Waals surface area (Å²) in [5.74, 6) is -0.410. The smallest absolute Gasteiger partial charge is 0.324 e. The van der Waals surface area contributed by atoms with Crippen molar-refractivity contribution in [2.45, 2.75) is 13.0 Å². The Morgan fingerprint density at radius 3 is 2.50 bits per heavy atom. The molecule has 0 aromatic carbocycles. The molecule has 0 aromatic rings. The van der Waals surface area contributed by atoms with Crippen LogP contribution in [0.4, 0.5) is 0 Å². The van der Waals surface area contributed by atoms with Crippen LogP contribution in [0.25, 0.3) is 0 Å². The number of hydrogen-bond acceptors (Lipinski definition) is 6. The lowest BCUT2D eigenvalue weighted by atomic mass is 10.3. The Balaban J connectivity index is 3.95. The normalized spacial score (nSPS) is 13.8.